The van der Waals surface area contributed by atoms with Crippen molar-refractivity contribution in [1.29, 1.82) is 0 Å². The predicted molar refractivity (Wildman–Crippen MR) is 112 cm³/mol. The third kappa shape index (κ3) is 4.35. The van der Waals surface area contributed by atoms with Crippen LogP contribution < -0.4 is 20.7 Å². The highest BCUT2D eigenvalue weighted by atomic mass is 35.5. The van der Waals surface area contributed by atoms with Crippen LogP contribution in [0.5, 0.6) is 5.75 Å². The smallest absolute Gasteiger partial charge is 0.255 e. The summed E-state index contributed by atoms with van der Waals surface area (Å²) >= 11 is 17.3. The molecular formula is C19H17Cl2N3O2S. The number of carbonyl (C=O) groups is 1. The molecule has 0 saturated heterocycles. The molecule has 0 aliphatic carbocycles. The zero-order chi connectivity index (χ0) is 19.6. The van der Waals surface area contributed by atoms with Crippen LogP contribution in [0.4, 0.5) is 5.69 Å². The summed E-state index contributed by atoms with van der Waals surface area (Å²) in [5.41, 5.74) is 2.52. The van der Waals surface area contributed by atoms with Crippen molar-refractivity contribution in [3.63, 3.8) is 0 Å². The van der Waals surface area contributed by atoms with Gasteiger partial charge in [-0.3, -0.25) is 4.79 Å². The number of nitrogens with one attached hydrogen (secondary N) is 3. The minimum Gasteiger partial charge on any atom is -0.495 e. The van der Waals surface area contributed by atoms with Gasteiger partial charge in [0.05, 0.1) is 24.4 Å². The van der Waals surface area contributed by atoms with Gasteiger partial charge in [-0.15, -0.1) is 0 Å². The number of thiocarbonyl (C=S) groups is 1. The number of ether oxygens (including phenoxy) is 1. The zero-order valence-electron chi connectivity index (χ0n) is 14.6. The van der Waals surface area contributed by atoms with E-state index in [1.807, 2.05) is 12.1 Å². The van der Waals surface area contributed by atoms with Gasteiger partial charge in [-0.1, -0.05) is 35.3 Å². The maximum atomic E-state index is 13.1. The van der Waals surface area contributed by atoms with Crippen molar-refractivity contribution in [1.82, 2.24) is 10.6 Å². The third-order valence-electron chi connectivity index (χ3n) is 4.13. The van der Waals surface area contributed by atoms with Crippen LogP contribution in [-0.2, 0) is 4.79 Å². The number of benzene rings is 2. The maximum Gasteiger partial charge on any atom is 0.255 e. The topological polar surface area (TPSA) is 62.4 Å². The summed E-state index contributed by atoms with van der Waals surface area (Å²) in [7, 11) is 1.53. The monoisotopic (exact) mass is 421 g/mol. The summed E-state index contributed by atoms with van der Waals surface area (Å²) in [6.45, 7) is 1.81. The second-order valence-electron chi connectivity index (χ2n) is 5.92. The van der Waals surface area contributed by atoms with Gasteiger partial charge in [0, 0.05) is 15.7 Å². The van der Waals surface area contributed by atoms with Gasteiger partial charge < -0.3 is 20.7 Å². The van der Waals surface area contributed by atoms with Gasteiger partial charge in [-0.2, -0.15) is 0 Å². The van der Waals surface area contributed by atoms with E-state index in [9.17, 15) is 4.79 Å². The van der Waals surface area contributed by atoms with Crippen LogP contribution in [0.25, 0.3) is 0 Å². The molecule has 2 aromatic carbocycles. The number of rotatable bonds is 4. The summed E-state index contributed by atoms with van der Waals surface area (Å²) in [6.07, 6.45) is 0. The summed E-state index contributed by atoms with van der Waals surface area (Å²) in [6, 6.07) is 11.9. The molecule has 0 saturated carbocycles. The summed E-state index contributed by atoms with van der Waals surface area (Å²) in [5, 5.41) is 10.6. The van der Waals surface area contributed by atoms with E-state index in [0.29, 0.717) is 37.9 Å². The van der Waals surface area contributed by atoms with E-state index in [4.69, 9.17) is 40.2 Å². The molecule has 0 aromatic heterocycles. The molecule has 27 heavy (non-hydrogen) atoms. The molecule has 1 unspecified atom stereocenters. The van der Waals surface area contributed by atoms with E-state index in [2.05, 4.69) is 16.0 Å². The lowest BCUT2D eigenvalue weighted by Crippen LogP contribution is -2.45. The van der Waals surface area contributed by atoms with Crippen LogP contribution >= 0.6 is 35.4 Å². The van der Waals surface area contributed by atoms with Gasteiger partial charge in [0.25, 0.3) is 5.91 Å². The first-order valence-corrected chi connectivity index (χ1v) is 9.24. The second-order valence-corrected chi connectivity index (χ2v) is 7.20. The third-order valence-corrected chi connectivity index (χ3v) is 4.83. The molecular weight excluding hydrogens is 405 g/mol. The van der Waals surface area contributed by atoms with E-state index >= 15 is 0 Å². The average Bonchev–Trinajstić information content (AvgIpc) is 2.61. The normalized spacial score (nSPS) is 16.4. The Balaban J connectivity index is 1.97. The van der Waals surface area contributed by atoms with Gasteiger partial charge in [0.2, 0.25) is 0 Å². The van der Waals surface area contributed by atoms with Crippen molar-refractivity contribution < 1.29 is 9.53 Å². The van der Waals surface area contributed by atoms with Crippen LogP contribution in [0.1, 0.15) is 18.5 Å². The van der Waals surface area contributed by atoms with Gasteiger partial charge in [-0.25, -0.2) is 0 Å². The Labute approximate surface area is 172 Å². The molecule has 1 amide bonds. The second kappa shape index (κ2) is 8.17. The number of carbonyl (C=O) groups excluding carboxylic acids is 1. The fourth-order valence-corrected chi connectivity index (χ4v) is 3.44. The molecule has 140 valence electrons. The van der Waals surface area contributed by atoms with Crippen LogP contribution in [-0.4, -0.2) is 18.1 Å². The number of hydrogen-bond donors (Lipinski definition) is 3. The number of halogens is 2. The number of anilines is 1. The lowest BCUT2D eigenvalue weighted by molar-refractivity contribution is -0.113. The highest BCUT2D eigenvalue weighted by Crippen LogP contribution is 2.32. The van der Waals surface area contributed by atoms with E-state index < -0.39 is 6.04 Å². The molecule has 8 heteroatoms. The van der Waals surface area contributed by atoms with Crippen molar-refractivity contribution in [3.05, 3.63) is 69.3 Å². The highest BCUT2D eigenvalue weighted by Gasteiger charge is 2.30. The Hall–Kier alpha value is -2.28. The molecule has 0 spiro atoms. The number of hydrogen-bond acceptors (Lipinski definition) is 3. The quantitative estimate of drug-likeness (QED) is 0.637. The fraction of sp³-hybridized carbons (Fsp3) is 0.158. The van der Waals surface area contributed by atoms with Gasteiger partial charge in [0.15, 0.2) is 5.11 Å². The highest BCUT2D eigenvalue weighted by molar-refractivity contribution is 7.80. The van der Waals surface area contributed by atoms with Gasteiger partial charge >= 0.3 is 0 Å². The molecule has 3 N–H and O–H groups in total. The van der Waals surface area contributed by atoms with E-state index in [-0.39, 0.29) is 5.91 Å². The number of methoxy groups -OCH3 is 1. The Morgan fingerprint density at radius 2 is 1.81 bits per heavy atom. The summed E-state index contributed by atoms with van der Waals surface area (Å²) < 4.78 is 5.30. The Kier molecular flexibility index (Phi) is 5.89. The van der Waals surface area contributed by atoms with Crippen molar-refractivity contribution in [2.24, 2.45) is 0 Å². The molecule has 1 heterocycles. The van der Waals surface area contributed by atoms with Crippen molar-refractivity contribution in [3.8, 4) is 5.75 Å². The van der Waals surface area contributed by atoms with Crippen LogP contribution in [0, 0.1) is 0 Å². The first kappa shape index (κ1) is 19.5. The summed E-state index contributed by atoms with van der Waals surface area (Å²) in [5.74, 6) is 0.219. The van der Waals surface area contributed by atoms with Gasteiger partial charge in [-0.05, 0) is 55.0 Å². The Morgan fingerprint density at radius 3 is 2.48 bits per heavy atom. The SMILES string of the molecule is COc1ccc(Cl)cc1NC(=O)C1=C(C)NC(=S)NC1c1ccc(Cl)cc1. The first-order chi connectivity index (χ1) is 12.9. The predicted octanol–water partition coefficient (Wildman–Crippen LogP) is 4.43. The Bertz CT molecular complexity index is 929. The largest absolute Gasteiger partial charge is 0.495 e. The molecule has 1 aliphatic heterocycles. The number of amides is 1. The maximum absolute atomic E-state index is 13.1. The molecule has 5 nitrogen and oxygen atoms in total. The molecule has 0 radical (unpaired) electrons. The van der Waals surface area contributed by atoms with E-state index in [1.54, 1.807) is 37.3 Å². The number of allylic oxidation sites excluding steroid dienone is 1. The zero-order valence-corrected chi connectivity index (χ0v) is 16.9. The molecule has 2 aromatic rings. The first-order valence-electron chi connectivity index (χ1n) is 8.07. The fourth-order valence-electron chi connectivity index (χ4n) is 2.87. The molecule has 3 rings (SSSR count). The van der Waals surface area contributed by atoms with Crippen molar-refractivity contribution in [2.75, 3.05) is 12.4 Å². The lowest BCUT2D eigenvalue weighted by atomic mass is 9.95. The van der Waals surface area contributed by atoms with Crippen LogP contribution in [0.15, 0.2) is 53.7 Å². The average molecular weight is 422 g/mol. The minimum absolute atomic E-state index is 0.296. The van der Waals surface area contributed by atoms with Crippen molar-refractivity contribution in [2.45, 2.75) is 13.0 Å². The lowest BCUT2D eigenvalue weighted by Gasteiger charge is -2.30. The minimum atomic E-state index is -0.416. The van der Waals surface area contributed by atoms with Crippen LogP contribution in [0.2, 0.25) is 10.0 Å². The molecule has 1 atom stereocenters. The van der Waals surface area contributed by atoms with Crippen molar-refractivity contribution >= 4 is 52.1 Å². The summed E-state index contributed by atoms with van der Waals surface area (Å²) in [4.78, 5) is 13.1. The molecule has 1 aliphatic rings. The molecule has 0 fully saturated rings. The standard InChI is InChI=1S/C19H17Cl2N3O2S/c1-10-16(18(25)23-14-9-13(21)7-8-15(14)26-2)17(24-19(27)22-10)11-3-5-12(20)6-4-11/h3-9,17H,1-2H3,(H,23,25)(H2,22,24,27). The van der Waals surface area contributed by atoms with E-state index in [1.165, 1.54) is 7.11 Å². The van der Waals surface area contributed by atoms with Crippen LogP contribution in [0.3, 0.4) is 0 Å². The van der Waals surface area contributed by atoms with E-state index in [0.717, 1.165) is 5.56 Å². The molecule has 0 bridgehead atoms. The Morgan fingerprint density at radius 1 is 1.15 bits per heavy atom. The van der Waals surface area contributed by atoms with Gasteiger partial charge in [0.1, 0.15) is 5.75 Å².